The minimum Gasteiger partial charge on any atom is -0.330 e. The van der Waals surface area contributed by atoms with E-state index in [9.17, 15) is 0 Å². The summed E-state index contributed by atoms with van der Waals surface area (Å²) < 4.78 is 0. The van der Waals surface area contributed by atoms with E-state index in [2.05, 4.69) is 37.3 Å². The predicted octanol–water partition coefficient (Wildman–Crippen LogP) is 5.33. The van der Waals surface area contributed by atoms with Crippen molar-refractivity contribution in [1.82, 2.24) is 0 Å². The van der Waals surface area contributed by atoms with Crippen molar-refractivity contribution >= 4 is 0 Å². The number of rotatable bonds is 12. The Morgan fingerprint density at radius 2 is 1.40 bits per heavy atom. The average Bonchev–Trinajstić information content (AvgIpc) is 2.49. The van der Waals surface area contributed by atoms with Gasteiger partial charge in [-0.2, -0.15) is 0 Å². The Kier molecular flexibility index (Phi) is 10.3. The molecule has 20 heavy (non-hydrogen) atoms. The molecule has 0 aliphatic heterocycles. The van der Waals surface area contributed by atoms with Crippen LogP contribution in [0.4, 0.5) is 0 Å². The van der Waals surface area contributed by atoms with Crippen molar-refractivity contribution in [3.05, 3.63) is 35.9 Å². The second kappa shape index (κ2) is 12.0. The Hall–Kier alpha value is -0.820. The number of hydrogen-bond donors (Lipinski definition) is 1. The molecule has 0 aromatic heterocycles. The van der Waals surface area contributed by atoms with Crippen molar-refractivity contribution in [2.75, 3.05) is 6.54 Å². The second-order valence-electron chi connectivity index (χ2n) is 6.18. The summed E-state index contributed by atoms with van der Waals surface area (Å²) in [5.74, 6) is 0.872. The monoisotopic (exact) mass is 275 g/mol. The molecule has 0 bridgehead atoms. The topological polar surface area (TPSA) is 26.0 Å². The number of aryl methyl sites for hydroxylation is 1. The van der Waals surface area contributed by atoms with Gasteiger partial charge in [0.2, 0.25) is 0 Å². The SMILES string of the molecule is CC(CCCN)CCCCCCCCc1ccccc1. The van der Waals surface area contributed by atoms with Gasteiger partial charge in [-0.15, -0.1) is 0 Å². The Balaban J connectivity index is 1.85. The fourth-order valence-electron chi connectivity index (χ4n) is 2.78. The van der Waals surface area contributed by atoms with Gasteiger partial charge in [0.05, 0.1) is 0 Å². The molecule has 0 amide bonds. The number of nitrogens with two attached hydrogens (primary N) is 1. The number of benzene rings is 1. The van der Waals surface area contributed by atoms with E-state index < -0.39 is 0 Å². The molecule has 1 atom stereocenters. The maximum Gasteiger partial charge on any atom is -0.00772 e. The largest absolute Gasteiger partial charge is 0.330 e. The van der Waals surface area contributed by atoms with Crippen molar-refractivity contribution in [3.8, 4) is 0 Å². The van der Waals surface area contributed by atoms with E-state index in [1.54, 1.807) is 0 Å². The molecule has 114 valence electrons. The molecule has 0 spiro atoms. The van der Waals surface area contributed by atoms with Crippen molar-refractivity contribution < 1.29 is 0 Å². The molecule has 0 radical (unpaired) electrons. The molecule has 0 saturated heterocycles. The first-order valence-corrected chi connectivity index (χ1v) is 8.57. The van der Waals surface area contributed by atoms with E-state index in [-0.39, 0.29) is 0 Å². The second-order valence-corrected chi connectivity index (χ2v) is 6.18. The van der Waals surface area contributed by atoms with Gasteiger partial charge in [-0.3, -0.25) is 0 Å². The highest BCUT2D eigenvalue weighted by atomic mass is 14.5. The molecule has 0 heterocycles. The average molecular weight is 275 g/mol. The lowest BCUT2D eigenvalue weighted by Gasteiger charge is -2.10. The highest BCUT2D eigenvalue weighted by molar-refractivity contribution is 5.14. The van der Waals surface area contributed by atoms with Gasteiger partial charge in [0.25, 0.3) is 0 Å². The first-order valence-electron chi connectivity index (χ1n) is 8.57. The summed E-state index contributed by atoms with van der Waals surface area (Å²) in [5, 5.41) is 0. The van der Waals surface area contributed by atoms with E-state index >= 15 is 0 Å². The summed E-state index contributed by atoms with van der Waals surface area (Å²) >= 11 is 0. The first-order chi connectivity index (χ1) is 9.83. The zero-order chi connectivity index (χ0) is 14.5. The van der Waals surface area contributed by atoms with Crippen LogP contribution in [-0.4, -0.2) is 6.54 Å². The molecule has 0 aliphatic carbocycles. The normalized spacial score (nSPS) is 12.5. The van der Waals surface area contributed by atoms with E-state index in [0.29, 0.717) is 0 Å². The zero-order valence-corrected chi connectivity index (χ0v) is 13.3. The fourth-order valence-corrected chi connectivity index (χ4v) is 2.78. The highest BCUT2D eigenvalue weighted by Crippen LogP contribution is 2.16. The lowest BCUT2D eigenvalue weighted by atomic mass is 9.97. The molecular weight excluding hydrogens is 242 g/mol. The van der Waals surface area contributed by atoms with Gasteiger partial charge in [0.15, 0.2) is 0 Å². The molecule has 1 nitrogen and oxygen atoms in total. The van der Waals surface area contributed by atoms with E-state index in [1.165, 1.54) is 69.8 Å². The van der Waals surface area contributed by atoms with Gasteiger partial charge in [-0.1, -0.05) is 75.8 Å². The fraction of sp³-hybridized carbons (Fsp3) is 0.684. The summed E-state index contributed by atoms with van der Waals surface area (Å²) in [6, 6.07) is 10.9. The third kappa shape index (κ3) is 9.14. The van der Waals surface area contributed by atoms with Gasteiger partial charge < -0.3 is 5.73 Å². The van der Waals surface area contributed by atoms with E-state index in [4.69, 9.17) is 5.73 Å². The van der Waals surface area contributed by atoms with E-state index in [0.717, 1.165) is 12.5 Å². The maximum absolute atomic E-state index is 5.54. The molecule has 1 rings (SSSR count). The summed E-state index contributed by atoms with van der Waals surface area (Å²) in [7, 11) is 0. The third-order valence-corrected chi connectivity index (χ3v) is 4.16. The predicted molar refractivity (Wildman–Crippen MR) is 89.9 cm³/mol. The molecule has 1 heteroatoms. The number of hydrogen-bond acceptors (Lipinski definition) is 1. The Bertz CT molecular complexity index is 307. The van der Waals surface area contributed by atoms with Crippen LogP contribution < -0.4 is 5.73 Å². The Morgan fingerprint density at radius 1 is 0.800 bits per heavy atom. The third-order valence-electron chi connectivity index (χ3n) is 4.16. The standard InChI is InChI=1S/C19H33N/c1-18(13-11-17-20)12-7-4-2-3-5-8-14-19-15-9-6-10-16-19/h6,9-10,15-16,18H,2-5,7-8,11-14,17,20H2,1H3. The summed E-state index contributed by atoms with van der Waals surface area (Å²) in [4.78, 5) is 0. The van der Waals surface area contributed by atoms with Crippen LogP contribution in [0.5, 0.6) is 0 Å². The number of unbranched alkanes of at least 4 members (excludes halogenated alkanes) is 5. The summed E-state index contributed by atoms with van der Waals surface area (Å²) in [6.07, 6.45) is 13.5. The minimum atomic E-state index is 0.853. The molecule has 0 fully saturated rings. The molecule has 0 saturated carbocycles. The van der Waals surface area contributed by atoms with Crippen LogP contribution in [0.3, 0.4) is 0 Å². The van der Waals surface area contributed by atoms with Crippen LogP contribution in [0.15, 0.2) is 30.3 Å². The maximum atomic E-state index is 5.54. The van der Waals surface area contributed by atoms with Crippen molar-refractivity contribution in [1.29, 1.82) is 0 Å². The van der Waals surface area contributed by atoms with Crippen molar-refractivity contribution in [2.45, 2.75) is 71.1 Å². The molecule has 1 unspecified atom stereocenters. The Morgan fingerprint density at radius 3 is 2.10 bits per heavy atom. The zero-order valence-electron chi connectivity index (χ0n) is 13.3. The molecular formula is C19H33N. The Labute approximate surface area is 126 Å². The summed E-state index contributed by atoms with van der Waals surface area (Å²) in [5.41, 5.74) is 7.03. The smallest absolute Gasteiger partial charge is 0.00772 e. The van der Waals surface area contributed by atoms with E-state index in [1.807, 2.05) is 0 Å². The van der Waals surface area contributed by atoms with Crippen LogP contribution in [0.25, 0.3) is 0 Å². The first kappa shape index (κ1) is 17.2. The van der Waals surface area contributed by atoms with Crippen molar-refractivity contribution in [2.24, 2.45) is 11.7 Å². The lowest BCUT2D eigenvalue weighted by Crippen LogP contribution is -2.02. The highest BCUT2D eigenvalue weighted by Gasteiger charge is 2.01. The van der Waals surface area contributed by atoms with Crippen LogP contribution in [0, 0.1) is 5.92 Å². The molecule has 2 N–H and O–H groups in total. The minimum absolute atomic E-state index is 0.853. The van der Waals surface area contributed by atoms with Gasteiger partial charge in [-0.25, -0.2) is 0 Å². The quantitative estimate of drug-likeness (QED) is 0.512. The van der Waals surface area contributed by atoms with Gasteiger partial charge in [0, 0.05) is 0 Å². The summed E-state index contributed by atoms with van der Waals surface area (Å²) in [6.45, 7) is 3.22. The van der Waals surface area contributed by atoms with Crippen LogP contribution >= 0.6 is 0 Å². The molecule has 1 aromatic rings. The molecule has 1 aromatic carbocycles. The van der Waals surface area contributed by atoms with Gasteiger partial charge in [0.1, 0.15) is 0 Å². The van der Waals surface area contributed by atoms with Crippen LogP contribution in [0.2, 0.25) is 0 Å². The molecule has 0 aliphatic rings. The lowest BCUT2D eigenvalue weighted by molar-refractivity contribution is 0.446. The van der Waals surface area contributed by atoms with Crippen LogP contribution in [-0.2, 0) is 6.42 Å². The van der Waals surface area contributed by atoms with Crippen LogP contribution in [0.1, 0.15) is 70.3 Å². The van der Waals surface area contributed by atoms with Crippen molar-refractivity contribution in [3.63, 3.8) is 0 Å². The van der Waals surface area contributed by atoms with Gasteiger partial charge in [-0.05, 0) is 43.7 Å². The van der Waals surface area contributed by atoms with Gasteiger partial charge >= 0.3 is 0 Å².